The topological polar surface area (TPSA) is 117 Å². The molecule has 0 radical (unpaired) electrons. The molecule has 0 saturated carbocycles. The predicted molar refractivity (Wildman–Crippen MR) is 181 cm³/mol. The molecule has 6 rings (SSSR count). The second kappa shape index (κ2) is 15.9. The zero-order valence-corrected chi connectivity index (χ0v) is 28.8. The Bertz CT molecular complexity index is 1770. The molecule has 3 fully saturated rings. The van der Waals surface area contributed by atoms with Crippen LogP contribution < -0.4 is 11.1 Å². The van der Waals surface area contributed by atoms with Crippen molar-refractivity contribution in [3.63, 3.8) is 0 Å². The minimum absolute atomic E-state index is 0.00147. The van der Waals surface area contributed by atoms with Crippen LogP contribution in [0.1, 0.15) is 41.5 Å². The van der Waals surface area contributed by atoms with E-state index in [1.165, 1.54) is 9.80 Å². The Morgan fingerprint density at radius 2 is 1.60 bits per heavy atom. The molecule has 0 bridgehead atoms. The fraction of sp³-hybridized carbons (Fsp3) is 0.486. The summed E-state index contributed by atoms with van der Waals surface area (Å²) in [6.45, 7) is 0.848. The highest BCUT2D eigenvalue weighted by Gasteiger charge is 2.52. The SMILES string of the molecule is NCCCC[C@H]1C(=O)N(CC2COCCN2)C[C@@H]2N(C(=O)OCc3cc(C(F)(F)F)cc(C(F)(F)F)c3)C[C@@H](Cc3ccc4ccccc4c3)C(=O)N21. The molecule has 286 valence electrons. The van der Waals surface area contributed by atoms with E-state index < -0.39 is 59.9 Å². The van der Waals surface area contributed by atoms with Gasteiger partial charge in [-0.25, -0.2) is 4.79 Å². The van der Waals surface area contributed by atoms with E-state index in [9.17, 15) is 40.7 Å². The van der Waals surface area contributed by atoms with E-state index >= 15 is 0 Å². The summed E-state index contributed by atoms with van der Waals surface area (Å²) in [6.07, 6.45) is -10.7. The van der Waals surface area contributed by atoms with Crippen LogP contribution in [0.15, 0.2) is 60.7 Å². The maximum atomic E-state index is 14.4. The van der Waals surface area contributed by atoms with E-state index in [1.54, 1.807) is 4.90 Å². The lowest BCUT2D eigenvalue weighted by Crippen LogP contribution is -2.74. The fourth-order valence-electron chi connectivity index (χ4n) is 7.35. The Morgan fingerprint density at radius 3 is 2.26 bits per heavy atom. The van der Waals surface area contributed by atoms with Crippen molar-refractivity contribution in [1.29, 1.82) is 0 Å². The molecule has 3 saturated heterocycles. The molecule has 0 spiro atoms. The van der Waals surface area contributed by atoms with Gasteiger partial charge in [0.05, 0.1) is 36.8 Å². The van der Waals surface area contributed by atoms with Gasteiger partial charge in [0.25, 0.3) is 0 Å². The Hall–Kier alpha value is -4.41. The number of ether oxygens (including phenoxy) is 2. The first-order valence-electron chi connectivity index (χ1n) is 17.5. The number of carbonyl (C=O) groups is 3. The third-order valence-corrected chi connectivity index (χ3v) is 9.93. The molecule has 0 aromatic heterocycles. The Kier molecular flexibility index (Phi) is 11.5. The summed E-state index contributed by atoms with van der Waals surface area (Å²) < 4.78 is 92.4. The minimum Gasteiger partial charge on any atom is -0.444 e. The lowest BCUT2D eigenvalue weighted by atomic mass is 9.90. The number of nitrogens with one attached hydrogen (secondary N) is 1. The monoisotopic (exact) mass is 749 g/mol. The van der Waals surface area contributed by atoms with Gasteiger partial charge in [-0.3, -0.25) is 14.5 Å². The van der Waals surface area contributed by atoms with Gasteiger partial charge in [-0.1, -0.05) is 42.5 Å². The first kappa shape index (κ1) is 38.3. The number of morpholine rings is 1. The van der Waals surface area contributed by atoms with Crippen LogP contribution in [0.3, 0.4) is 0 Å². The Morgan fingerprint density at radius 1 is 0.887 bits per heavy atom. The van der Waals surface area contributed by atoms with Gasteiger partial charge in [0, 0.05) is 25.7 Å². The maximum absolute atomic E-state index is 14.4. The normalized spacial score (nSPS) is 22.7. The number of alkyl halides is 6. The zero-order valence-electron chi connectivity index (χ0n) is 28.8. The van der Waals surface area contributed by atoms with Crippen molar-refractivity contribution in [1.82, 2.24) is 20.0 Å². The number of benzene rings is 3. The Balaban J connectivity index is 1.32. The van der Waals surface area contributed by atoms with Crippen molar-refractivity contribution in [3.05, 3.63) is 82.9 Å². The van der Waals surface area contributed by atoms with Gasteiger partial charge >= 0.3 is 18.4 Å². The summed E-state index contributed by atoms with van der Waals surface area (Å²) in [7, 11) is 0. The van der Waals surface area contributed by atoms with Crippen LogP contribution in [0.25, 0.3) is 10.8 Å². The van der Waals surface area contributed by atoms with Gasteiger partial charge in [0.1, 0.15) is 18.8 Å². The van der Waals surface area contributed by atoms with Crippen molar-refractivity contribution in [2.24, 2.45) is 11.7 Å². The molecular formula is C37H41F6N5O5. The van der Waals surface area contributed by atoms with Crippen LogP contribution in [0.5, 0.6) is 0 Å². The van der Waals surface area contributed by atoms with Crippen LogP contribution in [0, 0.1) is 5.92 Å². The molecule has 3 heterocycles. The number of hydrogen-bond acceptors (Lipinski definition) is 7. The number of piperazine rings is 1. The van der Waals surface area contributed by atoms with Crippen LogP contribution in [-0.2, 0) is 44.4 Å². The molecule has 53 heavy (non-hydrogen) atoms. The smallest absolute Gasteiger partial charge is 0.416 e. The third-order valence-electron chi connectivity index (χ3n) is 9.93. The highest BCUT2D eigenvalue weighted by molar-refractivity contribution is 5.92. The molecule has 3 aliphatic heterocycles. The number of rotatable bonds is 10. The zero-order chi connectivity index (χ0) is 37.9. The Labute approximate surface area is 302 Å². The summed E-state index contributed by atoms with van der Waals surface area (Å²) in [5.41, 5.74) is 2.96. The van der Waals surface area contributed by atoms with Crippen molar-refractivity contribution < 1.29 is 50.2 Å². The number of hydrogen-bond donors (Lipinski definition) is 2. The lowest BCUT2D eigenvalue weighted by molar-refractivity contribution is -0.173. The lowest BCUT2D eigenvalue weighted by Gasteiger charge is -2.54. The van der Waals surface area contributed by atoms with Gasteiger partial charge in [-0.2, -0.15) is 26.3 Å². The number of unbranched alkanes of at least 4 members (excludes halogenated alkanes) is 1. The second-order valence-corrected chi connectivity index (χ2v) is 13.7. The average Bonchev–Trinajstić information content (AvgIpc) is 3.12. The van der Waals surface area contributed by atoms with Crippen LogP contribution in [-0.4, -0.2) is 96.8 Å². The molecule has 0 aliphatic carbocycles. The molecule has 3 aromatic rings. The first-order chi connectivity index (χ1) is 25.2. The summed E-state index contributed by atoms with van der Waals surface area (Å²) in [5.74, 6) is -1.48. The van der Waals surface area contributed by atoms with Gasteiger partial charge in [-0.05, 0) is 72.3 Å². The number of nitrogens with two attached hydrogens (primary N) is 1. The third kappa shape index (κ3) is 8.87. The largest absolute Gasteiger partial charge is 0.444 e. The van der Waals surface area contributed by atoms with E-state index in [2.05, 4.69) is 5.32 Å². The molecule has 3 aliphatic rings. The molecule has 3 N–H and O–H groups in total. The average molecular weight is 750 g/mol. The molecule has 3 aromatic carbocycles. The number of fused-ring (bicyclic) bond motifs is 2. The summed E-state index contributed by atoms with van der Waals surface area (Å²) in [4.78, 5) is 46.8. The van der Waals surface area contributed by atoms with E-state index in [0.717, 1.165) is 16.3 Å². The van der Waals surface area contributed by atoms with Crippen molar-refractivity contribution >= 4 is 28.7 Å². The highest BCUT2D eigenvalue weighted by atomic mass is 19.4. The van der Waals surface area contributed by atoms with Crippen molar-refractivity contribution in [2.45, 2.75) is 62.9 Å². The van der Waals surface area contributed by atoms with E-state index in [-0.39, 0.29) is 56.4 Å². The van der Waals surface area contributed by atoms with E-state index in [0.29, 0.717) is 51.3 Å². The quantitative estimate of drug-likeness (QED) is 0.217. The first-order valence-corrected chi connectivity index (χ1v) is 17.5. The predicted octanol–water partition coefficient (Wildman–Crippen LogP) is 5.17. The molecule has 16 heteroatoms. The highest BCUT2D eigenvalue weighted by Crippen LogP contribution is 2.37. The number of halogens is 6. The van der Waals surface area contributed by atoms with Gasteiger partial charge in [0.15, 0.2) is 0 Å². The summed E-state index contributed by atoms with van der Waals surface area (Å²) in [6, 6.07) is 13.2. The number of carbonyl (C=O) groups excluding carboxylic acids is 3. The van der Waals surface area contributed by atoms with Crippen molar-refractivity contribution in [3.8, 4) is 0 Å². The van der Waals surface area contributed by atoms with Crippen LogP contribution in [0.4, 0.5) is 31.1 Å². The van der Waals surface area contributed by atoms with Gasteiger partial charge in [-0.15, -0.1) is 0 Å². The van der Waals surface area contributed by atoms with E-state index in [4.69, 9.17) is 15.2 Å². The van der Waals surface area contributed by atoms with Crippen LogP contribution in [0.2, 0.25) is 0 Å². The number of amides is 3. The van der Waals surface area contributed by atoms with E-state index in [1.807, 2.05) is 42.5 Å². The van der Waals surface area contributed by atoms with Gasteiger partial charge in [0.2, 0.25) is 11.8 Å². The molecule has 10 nitrogen and oxygen atoms in total. The second-order valence-electron chi connectivity index (χ2n) is 13.7. The summed E-state index contributed by atoms with van der Waals surface area (Å²) in [5, 5.41) is 5.22. The van der Waals surface area contributed by atoms with Crippen molar-refractivity contribution in [2.75, 3.05) is 45.9 Å². The fourth-order valence-corrected chi connectivity index (χ4v) is 7.35. The minimum atomic E-state index is -5.08. The number of nitrogens with zero attached hydrogens (tertiary/aromatic N) is 3. The standard InChI is InChI=1S/C37H41F6N5O5/c38-36(39,40)28-15-24(16-29(17-28)37(41,42)43)21-53-35(51)47-18-27(14-23-8-9-25-5-1-2-6-26(25)13-23)33(49)48-31(7-3-4-10-44)34(50)46(20-32(47)48)19-30-22-52-12-11-45-30/h1-2,5-6,8-9,13,15-17,27,30-32,45H,3-4,7,10-12,14,18-22,44H2/t27-,30?,31+,32-/m1/s1. The molecule has 3 amide bonds. The summed E-state index contributed by atoms with van der Waals surface area (Å²) >= 11 is 0. The molecular weight excluding hydrogens is 708 g/mol. The van der Waals surface area contributed by atoms with Gasteiger partial charge < -0.3 is 30.3 Å². The molecule has 1 unspecified atom stereocenters. The van der Waals surface area contributed by atoms with Crippen LogP contribution >= 0.6 is 0 Å². The molecule has 4 atom stereocenters. The maximum Gasteiger partial charge on any atom is 0.416 e.